The molecule has 0 aromatic carbocycles. The number of esters is 1. The summed E-state index contributed by atoms with van der Waals surface area (Å²) in [7, 11) is 0. The van der Waals surface area contributed by atoms with Gasteiger partial charge in [-0.15, -0.1) is 0 Å². The highest BCUT2D eigenvalue weighted by molar-refractivity contribution is 14.4. The topological polar surface area (TPSA) is 26.3 Å². The van der Waals surface area contributed by atoms with Gasteiger partial charge in [-0.1, -0.05) is 117 Å². The first kappa shape index (κ1) is 21.6. The Morgan fingerprint density at radius 2 is 1.40 bits per heavy atom. The minimum Gasteiger partial charge on any atom is -0.462 e. The fraction of sp³-hybridized carbons (Fsp3) is 0.786. The van der Waals surface area contributed by atoms with Gasteiger partial charge in [-0.25, -0.2) is 4.79 Å². The van der Waals surface area contributed by atoms with Crippen LogP contribution in [0.25, 0.3) is 0 Å². The minimum absolute atomic E-state index is 0.259. The SMILES string of the molecule is C=C(C)C(=O)OCCCCCCCCCC[Si](I)(I)I. The number of hydrogen-bond acceptors (Lipinski definition) is 2. The maximum Gasteiger partial charge on any atom is 0.333 e. The number of hydrogen-bond donors (Lipinski definition) is 0. The van der Waals surface area contributed by atoms with Crippen LogP contribution in [-0.2, 0) is 9.53 Å². The smallest absolute Gasteiger partial charge is 0.333 e. The van der Waals surface area contributed by atoms with Gasteiger partial charge in [0.2, 0.25) is 0 Å². The highest BCUT2D eigenvalue weighted by atomic mass is 127. The van der Waals surface area contributed by atoms with Crippen molar-refractivity contribution >= 4 is 71.9 Å². The van der Waals surface area contributed by atoms with Crippen molar-refractivity contribution in [2.75, 3.05) is 6.61 Å². The summed E-state index contributed by atoms with van der Waals surface area (Å²) in [6.07, 6.45) is 10.2. The van der Waals surface area contributed by atoms with E-state index < -0.39 is 0.564 Å². The fourth-order valence-electron chi connectivity index (χ4n) is 1.78. The molecule has 0 unspecified atom stereocenters. The molecule has 0 radical (unpaired) electrons. The second kappa shape index (κ2) is 13.1. The van der Waals surface area contributed by atoms with E-state index in [0.29, 0.717) is 12.2 Å². The first-order valence-electron chi connectivity index (χ1n) is 7.22. The van der Waals surface area contributed by atoms with Crippen molar-refractivity contribution in [3.8, 4) is 0 Å². The van der Waals surface area contributed by atoms with E-state index in [1.54, 1.807) is 6.92 Å². The molecule has 0 amide bonds. The summed E-state index contributed by atoms with van der Waals surface area (Å²) >= 11 is 7.93. The molecule has 0 saturated carbocycles. The molecular formula is C14H25I3O2Si. The van der Waals surface area contributed by atoms with Gasteiger partial charge in [0.25, 0.3) is 0.564 Å². The second-order valence-electron chi connectivity index (χ2n) is 5.11. The van der Waals surface area contributed by atoms with Crippen LogP contribution in [0.1, 0.15) is 58.3 Å². The number of halogens is 3. The Labute approximate surface area is 162 Å². The standard InChI is InChI=1S/C14H25I3O2Si/c1-13(2)14(18)19-11-9-7-5-3-4-6-8-10-12-20(15,16)17/h1,3-12H2,2H3. The van der Waals surface area contributed by atoms with Gasteiger partial charge in [-0.2, -0.15) is 0 Å². The molecule has 0 aliphatic rings. The monoisotopic (exact) mass is 634 g/mol. The predicted molar refractivity (Wildman–Crippen MR) is 115 cm³/mol. The molecule has 0 fully saturated rings. The summed E-state index contributed by atoms with van der Waals surface area (Å²) in [6, 6.07) is 1.43. The molecule has 0 aliphatic carbocycles. The molecule has 20 heavy (non-hydrogen) atoms. The van der Waals surface area contributed by atoms with Crippen molar-refractivity contribution in [1.82, 2.24) is 0 Å². The lowest BCUT2D eigenvalue weighted by Crippen LogP contribution is -2.06. The van der Waals surface area contributed by atoms with Gasteiger partial charge in [-0.05, 0) is 19.4 Å². The zero-order valence-electron chi connectivity index (χ0n) is 12.2. The molecule has 0 bridgehead atoms. The van der Waals surface area contributed by atoms with E-state index in [2.05, 4.69) is 72.0 Å². The average Bonchev–Trinajstić information content (AvgIpc) is 2.34. The molecule has 0 aromatic rings. The summed E-state index contributed by atoms with van der Waals surface area (Å²) in [5.74, 6) is -0.259. The van der Waals surface area contributed by atoms with E-state index >= 15 is 0 Å². The summed E-state index contributed by atoms with van der Waals surface area (Å²) in [4.78, 5) is 11.1. The number of unbranched alkanes of at least 4 members (excludes halogenated alkanes) is 7. The molecule has 0 aromatic heterocycles. The van der Waals surface area contributed by atoms with Gasteiger partial charge >= 0.3 is 5.97 Å². The molecule has 0 N–H and O–H groups in total. The minimum atomic E-state index is -0.903. The number of ether oxygens (including phenoxy) is 1. The molecule has 0 heterocycles. The van der Waals surface area contributed by atoms with Crippen LogP contribution in [-0.4, -0.2) is 13.1 Å². The van der Waals surface area contributed by atoms with E-state index in [0.717, 1.165) is 12.8 Å². The van der Waals surface area contributed by atoms with Crippen LogP contribution in [0.4, 0.5) is 0 Å². The summed E-state index contributed by atoms with van der Waals surface area (Å²) in [5, 5.41) is 0. The lowest BCUT2D eigenvalue weighted by molar-refractivity contribution is -0.139. The lowest BCUT2D eigenvalue weighted by atomic mass is 10.1. The lowest BCUT2D eigenvalue weighted by Gasteiger charge is -2.08. The Hall–Kier alpha value is 1.62. The van der Waals surface area contributed by atoms with E-state index in [9.17, 15) is 4.79 Å². The molecule has 0 saturated heterocycles. The number of carbonyl (C=O) groups is 1. The van der Waals surface area contributed by atoms with Gasteiger partial charge in [0.1, 0.15) is 0 Å². The third-order valence-electron chi connectivity index (χ3n) is 2.94. The van der Waals surface area contributed by atoms with Gasteiger partial charge in [0.15, 0.2) is 0 Å². The highest BCUT2D eigenvalue weighted by Gasteiger charge is 2.19. The Kier molecular flexibility index (Phi) is 14.2. The summed E-state index contributed by atoms with van der Waals surface area (Å²) in [5.41, 5.74) is 0.488. The number of rotatable bonds is 12. The van der Waals surface area contributed by atoms with Crippen LogP contribution < -0.4 is 0 Å². The van der Waals surface area contributed by atoms with E-state index in [1.165, 1.54) is 44.6 Å². The normalized spacial score (nSPS) is 11.4. The van der Waals surface area contributed by atoms with Crippen LogP contribution >= 0.6 is 65.4 Å². The number of carbonyl (C=O) groups excluding carboxylic acids is 1. The first-order valence-corrected chi connectivity index (χ1v) is 18.8. The average molecular weight is 634 g/mol. The highest BCUT2D eigenvalue weighted by Crippen LogP contribution is 2.35. The first-order chi connectivity index (χ1) is 9.33. The Bertz CT molecular complexity index is 291. The van der Waals surface area contributed by atoms with Crippen molar-refractivity contribution in [2.24, 2.45) is 0 Å². The van der Waals surface area contributed by atoms with Crippen LogP contribution in [0.15, 0.2) is 12.2 Å². The summed E-state index contributed by atoms with van der Waals surface area (Å²) in [6.45, 7) is 5.79. The van der Waals surface area contributed by atoms with Gasteiger partial charge in [0.05, 0.1) is 6.61 Å². The molecule has 6 heteroatoms. The molecule has 0 rings (SSSR count). The van der Waals surface area contributed by atoms with Gasteiger partial charge in [-0.3, -0.25) is 0 Å². The van der Waals surface area contributed by atoms with Crippen molar-refractivity contribution in [1.29, 1.82) is 0 Å². The largest absolute Gasteiger partial charge is 0.462 e. The Balaban J connectivity index is 3.18. The van der Waals surface area contributed by atoms with Crippen molar-refractivity contribution in [3.63, 3.8) is 0 Å². The molecular weight excluding hydrogens is 609 g/mol. The van der Waals surface area contributed by atoms with Crippen molar-refractivity contribution in [2.45, 2.75) is 64.3 Å². The third-order valence-corrected chi connectivity index (χ3v) is 8.71. The molecule has 0 atom stereocenters. The van der Waals surface area contributed by atoms with Crippen LogP contribution in [0.3, 0.4) is 0 Å². The van der Waals surface area contributed by atoms with Crippen LogP contribution in [0.5, 0.6) is 0 Å². The van der Waals surface area contributed by atoms with Gasteiger partial charge < -0.3 is 4.74 Å². The summed E-state index contributed by atoms with van der Waals surface area (Å²) < 4.78 is 4.16. The zero-order chi connectivity index (χ0) is 15.4. The molecule has 0 spiro atoms. The maximum atomic E-state index is 11.1. The van der Waals surface area contributed by atoms with Gasteiger partial charge in [0, 0.05) is 5.57 Å². The molecule has 0 aliphatic heterocycles. The molecule has 2 nitrogen and oxygen atoms in total. The van der Waals surface area contributed by atoms with Crippen LogP contribution in [0, 0.1) is 0 Å². The van der Waals surface area contributed by atoms with Crippen LogP contribution in [0.2, 0.25) is 6.04 Å². The Morgan fingerprint density at radius 3 is 1.85 bits per heavy atom. The Morgan fingerprint density at radius 1 is 0.950 bits per heavy atom. The predicted octanol–water partition coefficient (Wildman–Crippen LogP) is 6.47. The fourth-order valence-corrected chi connectivity index (χ4v) is 5.86. The maximum absolute atomic E-state index is 11.1. The zero-order valence-corrected chi connectivity index (χ0v) is 19.7. The van der Waals surface area contributed by atoms with E-state index in [1.807, 2.05) is 0 Å². The van der Waals surface area contributed by atoms with E-state index in [4.69, 9.17) is 4.74 Å². The van der Waals surface area contributed by atoms with E-state index in [-0.39, 0.29) is 5.97 Å². The van der Waals surface area contributed by atoms with Crippen molar-refractivity contribution < 1.29 is 9.53 Å². The quantitative estimate of drug-likeness (QED) is 0.0615. The third kappa shape index (κ3) is 16.0. The van der Waals surface area contributed by atoms with Crippen molar-refractivity contribution in [3.05, 3.63) is 12.2 Å². The molecule has 118 valence electrons. The second-order valence-corrected chi connectivity index (χ2v) is 42.0.